The van der Waals surface area contributed by atoms with Gasteiger partial charge < -0.3 is 5.32 Å². The summed E-state index contributed by atoms with van der Waals surface area (Å²) in [5.74, 6) is 0.109. The van der Waals surface area contributed by atoms with Gasteiger partial charge in [-0.1, -0.05) is 43.3 Å². The first-order valence-corrected chi connectivity index (χ1v) is 6.74. The Morgan fingerprint density at radius 2 is 1.68 bits per heavy atom. The van der Waals surface area contributed by atoms with E-state index in [0.717, 1.165) is 30.6 Å². The molecule has 19 heavy (non-hydrogen) atoms. The average molecular weight is 251 g/mol. The van der Waals surface area contributed by atoms with Crippen LogP contribution in [-0.4, -0.2) is 5.78 Å². The molecule has 0 saturated carbocycles. The van der Waals surface area contributed by atoms with E-state index < -0.39 is 0 Å². The quantitative estimate of drug-likeness (QED) is 0.849. The maximum Gasteiger partial charge on any atom is 0.193 e. The average Bonchev–Trinajstić information content (AvgIpc) is 2.94. The van der Waals surface area contributed by atoms with Crippen LogP contribution in [-0.2, 0) is 19.5 Å². The lowest BCUT2D eigenvalue weighted by molar-refractivity contribution is 0.103. The monoisotopic (exact) mass is 251 g/mol. The van der Waals surface area contributed by atoms with Gasteiger partial charge in [0.25, 0.3) is 0 Å². The third-order valence-corrected chi connectivity index (χ3v) is 3.72. The molecular weight excluding hydrogens is 234 g/mol. The highest BCUT2D eigenvalue weighted by atomic mass is 16.1. The minimum absolute atomic E-state index is 0.109. The highest BCUT2D eigenvalue weighted by Crippen LogP contribution is 2.19. The van der Waals surface area contributed by atoms with Crippen LogP contribution in [0.4, 0.5) is 0 Å². The van der Waals surface area contributed by atoms with E-state index in [-0.39, 0.29) is 5.78 Å². The number of hydrogen-bond donors (Lipinski definition) is 1. The number of hydrogen-bond acceptors (Lipinski definition) is 2. The van der Waals surface area contributed by atoms with Gasteiger partial charge in [0.2, 0.25) is 0 Å². The first-order chi connectivity index (χ1) is 9.28. The van der Waals surface area contributed by atoms with Gasteiger partial charge >= 0.3 is 0 Å². The van der Waals surface area contributed by atoms with Crippen molar-refractivity contribution in [1.82, 2.24) is 5.32 Å². The highest BCUT2D eigenvalue weighted by Gasteiger charge is 2.14. The number of ketones is 1. The van der Waals surface area contributed by atoms with Gasteiger partial charge in [-0.05, 0) is 29.2 Å². The van der Waals surface area contributed by atoms with E-state index in [0.29, 0.717) is 0 Å². The first kappa shape index (κ1) is 12.1. The molecular formula is C17H17NO. The van der Waals surface area contributed by atoms with Gasteiger partial charge in [0, 0.05) is 24.2 Å². The molecule has 0 bridgehead atoms. The van der Waals surface area contributed by atoms with Crippen molar-refractivity contribution >= 4 is 5.78 Å². The minimum atomic E-state index is 0.109. The van der Waals surface area contributed by atoms with Crippen LogP contribution in [0, 0.1) is 0 Å². The van der Waals surface area contributed by atoms with Crippen molar-refractivity contribution in [3.63, 3.8) is 0 Å². The van der Waals surface area contributed by atoms with Crippen LogP contribution in [0.25, 0.3) is 0 Å². The molecule has 0 radical (unpaired) electrons. The Bertz CT molecular complexity index is 614. The lowest BCUT2D eigenvalue weighted by Crippen LogP contribution is -2.02. The van der Waals surface area contributed by atoms with Crippen molar-refractivity contribution in [2.45, 2.75) is 26.4 Å². The SMILES string of the molecule is CCc1ccc(C(=O)c2ccc3c(c2)CNC3)cc1. The zero-order valence-electron chi connectivity index (χ0n) is 11.1. The Hall–Kier alpha value is -1.93. The van der Waals surface area contributed by atoms with E-state index in [4.69, 9.17) is 0 Å². The molecule has 96 valence electrons. The third-order valence-electron chi connectivity index (χ3n) is 3.72. The van der Waals surface area contributed by atoms with Gasteiger partial charge in [-0.3, -0.25) is 4.79 Å². The van der Waals surface area contributed by atoms with E-state index in [9.17, 15) is 4.79 Å². The molecule has 2 aromatic carbocycles. The van der Waals surface area contributed by atoms with Crippen molar-refractivity contribution in [1.29, 1.82) is 0 Å². The Morgan fingerprint density at radius 3 is 2.42 bits per heavy atom. The topological polar surface area (TPSA) is 29.1 Å². The smallest absolute Gasteiger partial charge is 0.193 e. The molecule has 1 aliphatic rings. The number of aryl methyl sites for hydroxylation is 1. The number of benzene rings is 2. The second-order valence-electron chi connectivity index (χ2n) is 4.97. The lowest BCUT2D eigenvalue weighted by Gasteiger charge is -2.05. The second-order valence-corrected chi connectivity index (χ2v) is 4.97. The Kier molecular flexibility index (Phi) is 3.18. The number of nitrogens with one attached hydrogen (secondary N) is 1. The number of rotatable bonds is 3. The Labute approximate surface area is 113 Å². The molecule has 1 heterocycles. The van der Waals surface area contributed by atoms with Crippen LogP contribution in [0.2, 0.25) is 0 Å². The van der Waals surface area contributed by atoms with Crippen LogP contribution in [0.3, 0.4) is 0 Å². The fraction of sp³-hybridized carbons (Fsp3) is 0.235. The zero-order chi connectivity index (χ0) is 13.2. The highest BCUT2D eigenvalue weighted by molar-refractivity contribution is 6.09. The van der Waals surface area contributed by atoms with Gasteiger partial charge in [0.05, 0.1) is 0 Å². The number of carbonyl (C=O) groups excluding carboxylic acids is 1. The normalized spacial score (nSPS) is 13.3. The van der Waals surface area contributed by atoms with E-state index in [2.05, 4.69) is 18.3 Å². The molecule has 0 aromatic heterocycles. The van der Waals surface area contributed by atoms with Gasteiger partial charge in [-0.25, -0.2) is 0 Å². The molecule has 0 saturated heterocycles. The standard InChI is InChI=1S/C17H17NO/c1-2-12-3-5-13(6-4-12)17(19)14-7-8-15-10-18-11-16(15)9-14/h3-9,18H,2,10-11H2,1H3. The molecule has 0 amide bonds. The van der Waals surface area contributed by atoms with Gasteiger partial charge in [0.15, 0.2) is 5.78 Å². The van der Waals surface area contributed by atoms with Crippen molar-refractivity contribution < 1.29 is 4.79 Å². The summed E-state index contributed by atoms with van der Waals surface area (Å²) in [7, 11) is 0. The summed E-state index contributed by atoms with van der Waals surface area (Å²) in [6, 6.07) is 13.9. The van der Waals surface area contributed by atoms with Crippen LogP contribution in [0.15, 0.2) is 42.5 Å². The van der Waals surface area contributed by atoms with Crippen LogP contribution in [0.1, 0.15) is 39.5 Å². The molecule has 3 rings (SSSR count). The van der Waals surface area contributed by atoms with Crippen LogP contribution < -0.4 is 5.32 Å². The fourth-order valence-electron chi connectivity index (χ4n) is 2.49. The number of fused-ring (bicyclic) bond motifs is 1. The summed E-state index contributed by atoms with van der Waals surface area (Å²) < 4.78 is 0. The Morgan fingerprint density at radius 1 is 1.00 bits per heavy atom. The molecule has 1 aliphatic heterocycles. The second kappa shape index (κ2) is 4.98. The van der Waals surface area contributed by atoms with E-state index >= 15 is 0 Å². The van der Waals surface area contributed by atoms with Crippen molar-refractivity contribution in [2.24, 2.45) is 0 Å². The molecule has 2 nitrogen and oxygen atoms in total. The maximum absolute atomic E-state index is 12.4. The molecule has 0 spiro atoms. The van der Waals surface area contributed by atoms with E-state index in [1.807, 2.05) is 36.4 Å². The molecule has 2 heteroatoms. The summed E-state index contributed by atoms with van der Waals surface area (Å²) in [6.45, 7) is 3.89. The van der Waals surface area contributed by atoms with Crippen LogP contribution in [0.5, 0.6) is 0 Å². The van der Waals surface area contributed by atoms with Crippen molar-refractivity contribution in [2.75, 3.05) is 0 Å². The molecule has 1 N–H and O–H groups in total. The van der Waals surface area contributed by atoms with Gasteiger partial charge in [0.1, 0.15) is 0 Å². The minimum Gasteiger partial charge on any atom is -0.309 e. The predicted octanol–water partition coefficient (Wildman–Crippen LogP) is 3.08. The fourth-order valence-corrected chi connectivity index (χ4v) is 2.49. The summed E-state index contributed by atoms with van der Waals surface area (Å²) in [6.07, 6.45) is 0.999. The maximum atomic E-state index is 12.4. The summed E-state index contributed by atoms with van der Waals surface area (Å²) >= 11 is 0. The zero-order valence-corrected chi connectivity index (χ0v) is 11.1. The van der Waals surface area contributed by atoms with Crippen molar-refractivity contribution in [3.8, 4) is 0 Å². The lowest BCUT2D eigenvalue weighted by atomic mass is 9.98. The number of carbonyl (C=O) groups is 1. The molecule has 0 unspecified atom stereocenters. The molecule has 0 aliphatic carbocycles. The predicted molar refractivity (Wildman–Crippen MR) is 76.2 cm³/mol. The largest absolute Gasteiger partial charge is 0.309 e. The molecule has 2 aromatic rings. The molecule has 0 atom stereocenters. The van der Waals surface area contributed by atoms with Crippen LogP contribution >= 0.6 is 0 Å². The summed E-state index contributed by atoms with van der Waals surface area (Å²) in [5.41, 5.74) is 5.36. The summed E-state index contributed by atoms with van der Waals surface area (Å²) in [5, 5.41) is 3.30. The van der Waals surface area contributed by atoms with Gasteiger partial charge in [-0.15, -0.1) is 0 Å². The molecule has 0 fully saturated rings. The summed E-state index contributed by atoms with van der Waals surface area (Å²) in [4.78, 5) is 12.4. The van der Waals surface area contributed by atoms with E-state index in [1.54, 1.807) is 0 Å². The van der Waals surface area contributed by atoms with E-state index in [1.165, 1.54) is 16.7 Å². The van der Waals surface area contributed by atoms with Gasteiger partial charge in [-0.2, -0.15) is 0 Å². The Balaban J connectivity index is 1.90. The van der Waals surface area contributed by atoms with Crippen molar-refractivity contribution in [3.05, 3.63) is 70.3 Å². The first-order valence-electron chi connectivity index (χ1n) is 6.74. The third kappa shape index (κ3) is 2.32.